The lowest BCUT2D eigenvalue weighted by Gasteiger charge is -2.33. The SMILES string of the molecule is C#CCCN1CCN(c2nc(-c3ccccc3)ns2)CC1. The Balaban J connectivity index is 1.62. The van der Waals surface area contributed by atoms with Gasteiger partial charge in [-0.05, 0) is 0 Å². The first-order valence-corrected chi connectivity index (χ1v) is 7.94. The van der Waals surface area contributed by atoms with Crippen LogP contribution in [0, 0.1) is 12.3 Å². The molecule has 0 saturated carbocycles. The van der Waals surface area contributed by atoms with Crippen LogP contribution in [-0.4, -0.2) is 47.0 Å². The van der Waals surface area contributed by atoms with Crippen molar-refractivity contribution in [3.05, 3.63) is 30.3 Å². The normalized spacial score (nSPS) is 15.9. The Bertz CT molecular complexity index is 609. The number of nitrogens with zero attached hydrogens (tertiary/aromatic N) is 4. The fourth-order valence-electron chi connectivity index (χ4n) is 2.43. The topological polar surface area (TPSA) is 32.3 Å². The van der Waals surface area contributed by atoms with E-state index in [0.717, 1.165) is 55.7 Å². The van der Waals surface area contributed by atoms with Crippen LogP contribution in [0.25, 0.3) is 11.4 Å². The summed E-state index contributed by atoms with van der Waals surface area (Å²) in [5.41, 5.74) is 1.08. The largest absolute Gasteiger partial charge is 0.344 e. The minimum atomic E-state index is 0.824. The molecule has 1 aromatic carbocycles. The molecule has 2 heterocycles. The van der Waals surface area contributed by atoms with Crippen molar-refractivity contribution in [1.29, 1.82) is 0 Å². The first kappa shape index (κ1) is 14.1. The summed E-state index contributed by atoms with van der Waals surface area (Å²) in [5, 5.41) is 1.02. The lowest BCUT2D eigenvalue weighted by Crippen LogP contribution is -2.46. The number of rotatable bonds is 4. The summed E-state index contributed by atoms with van der Waals surface area (Å²) < 4.78 is 4.48. The second-order valence-electron chi connectivity index (χ2n) is 5.05. The zero-order valence-electron chi connectivity index (χ0n) is 11.9. The molecule has 1 aliphatic heterocycles. The van der Waals surface area contributed by atoms with E-state index in [0.29, 0.717) is 0 Å². The van der Waals surface area contributed by atoms with Gasteiger partial charge < -0.3 is 4.90 Å². The van der Waals surface area contributed by atoms with E-state index in [9.17, 15) is 0 Å². The Morgan fingerprint density at radius 3 is 2.62 bits per heavy atom. The monoisotopic (exact) mass is 298 g/mol. The van der Waals surface area contributed by atoms with Crippen molar-refractivity contribution in [2.24, 2.45) is 0 Å². The molecule has 2 aromatic rings. The van der Waals surface area contributed by atoms with Gasteiger partial charge in [0.25, 0.3) is 0 Å². The summed E-state index contributed by atoms with van der Waals surface area (Å²) in [6.45, 7) is 5.07. The highest BCUT2D eigenvalue weighted by Gasteiger charge is 2.19. The molecule has 1 saturated heterocycles. The van der Waals surface area contributed by atoms with Gasteiger partial charge in [-0.3, -0.25) is 4.90 Å². The Hall–Kier alpha value is -1.90. The predicted molar refractivity (Wildman–Crippen MR) is 87.4 cm³/mol. The molecule has 0 bridgehead atoms. The van der Waals surface area contributed by atoms with Crippen LogP contribution in [-0.2, 0) is 0 Å². The third-order valence-corrected chi connectivity index (χ3v) is 4.44. The fourth-order valence-corrected chi connectivity index (χ4v) is 3.17. The van der Waals surface area contributed by atoms with Gasteiger partial charge >= 0.3 is 0 Å². The highest BCUT2D eigenvalue weighted by atomic mass is 32.1. The van der Waals surface area contributed by atoms with Crippen LogP contribution >= 0.6 is 11.5 Å². The van der Waals surface area contributed by atoms with Crippen LogP contribution in [0.2, 0.25) is 0 Å². The standard InChI is InChI=1S/C16H18N4S/c1-2-3-9-19-10-12-20(13-11-19)16-17-15(18-21-16)14-7-5-4-6-8-14/h1,4-8H,3,9-13H2. The van der Waals surface area contributed by atoms with E-state index >= 15 is 0 Å². The highest BCUT2D eigenvalue weighted by molar-refractivity contribution is 7.09. The van der Waals surface area contributed by atoms with Gasteiger partial charge in [0.05, 0.1) is 0 Å². The van der Waals surface area contributed by atoms with E-state index < -0.39 is 0 Å². The molecule has 5 heteroatoms. The first-order valence-electron chi connectivity index (χ1n) is 7.17. The van der Waals surface area contributed by atoms with Gasteiger partial charge in [-0.1, -0.05) is 30.3 Å². The molecule has 4 nitrogen and oxygen atoms in total. The van der Waals surface area contributed by atoms with E-state index in [2.05, 4.69) is 25.1 Å². The number of anilines is 1. The minimum absolute atomic E-state index is 0.824. The lowest BCUT2D eigenvalue weighted by atomic mass is 10.2. The number of hydrogen-bond donors (Lipinski definition) is 0. The number of benzene rings is 1. The van der Waals surface area contributed by atoms with E-state index in [1.807, 2.05) is 30.3 Å². The van der Waals surface area contributed by atoms with Gasteiger partial charge in [0.15, 0.2) is 5.82 Å². The number of hydrogen-bond acceptors (Lipinski definition) is 5. The van der Waals surface area contributed by atoms with Crippen LogP contribution in [0.5, 0.6) is 0 Å². The van der Waals surface area contributed by atoms with Crippen LogP contribution in [0.1, 0.15) is 6.42 Å². The molecule has 1 aliphatic rings. The number of terminal acetylenes is 1. The average molecular weight is 298 g/mol. The smallest absolute Gasteiger partial charge is 0.205 e. The maximum absolute atomic E-state index is 5.32. The molecule has 108 valence electrons. The fraction of sp³-hybridized carbons (Fsp3) is 0.375. The molecule has 1 aromatic heterocycles. The summed E-state index contributed by atoms with van der Waals surface area (Å²) in [5.74, 6) is 3.53. The van der Waals surface area contributed by atoms with Gasteiger partial charge in [0, 0.05) is 56.2 Å². The molecule has 0 N–H and O–H groups in total. The Labute approximate surface area is 129 Å². The van der Waals surface area contributed by atoms with Crippen LogP contribution in [0.4, 0.5) is 5.13 Å². The summed E-state index contributed by atoms with van der Waals surface area (Å²) in [6, 6.07) is 10.1. The summed E-state index contributed by atoms with van der Waals surface area (Å²) in [6.07, 6.45) is 6.15. The second-order valence-corrected chi connectivity index (χ2v) is 5.78. The van der Waals surface area contributed by atoms with Gasteiger partial charge in [0.2, 0.25) is 5.13 Å². The van der Waals surface area contributed by atoms with E-state index in [-0.39, 0.29) is 0 Å². The van der Waals surface area contributed by atoms with Crippen molar-refractivity contribution in [3.8, 4) is 23.7 Å². The molecule has 1 fully saturated rings. The molecule has 0 atom stereocenters. The van der Waals surface area contributed by atoms with Crippen LogP contribution in [0.3, 0.4) is 0 Å². The Morgan fingerprint density at radius 1 is 1.14 bits per heavy atom. The summed E-state index contributed by atoms with van der Waals surface area (Å²) in [4.78, 5) is 9.40. The lowest BCUT2D eigenvalue weighted by molar-refractivity contribution is 0.264. The van der Waals surface area contributed by atoms with Crippen molar-refractivity contribution >= 4 is 16.7 Å². The van der Waals surface area contributed by atoms with Gasteiger partial charge in [-0.2, -0.15) is 9.36 Å². The number of aromatic nitrogens is 2. The van der Waals surface area contributed by atoms with Crippen LogP contribution < -0.4 is 4.90 Å². The molecular weight excluding hydrogens is 280 g/mol. The molecule has 0 unspecified atom stereocenters. The van der Waals surface area contributed by atoms with Crippen molar-refractivity contribution in [2.75, 3.05) is 37.6 Å². The van der Waals surface area contributed by atoms with Crippen molar-refractivity contribution in [3.63, 3.8) is 0 Å². The molecule has 0 spiro atoms. The Morgan fingerprint density at radius 2 is 1.90 bits per heavy atom. The predicted octanol–water partition coefficient (Wildman–Crippen LogP) is 2.35. The van der Waals surface area contributed by atoms with E-state index in [1.54, 1.807) is 0 Å². The quantitative estimate of drug-likeness (QED) is 0.811. The molecule has 3 rings (SSSR count). The molecule has 0 radical (unpaired) electrons. The summed E-state index contributed by atoms with van der Waals surface area (Å²) in [7, 11) is 0. The maximum Gasteiger partial charge on any atom is 0.205 e. The number of piperazine rings is 1. The van der Waals surface area contributed by atoms with Crippen molar-refractivity contribution in [1.82, 2.24) is 14.3 Å². The van der Waals surface area contributed by atoms with Gasteiger partial charge in [0.1, 0.15) is 0 Å². The highest BCUT2D eigenvalue weighted by Crippen LogP contribution is 2.24. The third kappa shape index (κ3) is 3.41. The molecule has 0 aliphatic carbocycles. The van der Waals surface area contributed by atoms with E-state index in [1.165, 1.54) is 11.5 Å². The minimum Gasteiger partial charge on any atom is -0.344 e. The van der Waals surface area contributed by atoms with Gasteiger partial charge in [-0.15, -0.1) is 12.3 Å². The molecule has 21 heavy (non-hydrogen) atoms. The first-order chi connectivity index (χ1) is 10.4. The average Bonchev–Trinajstić information content (AvgIpc) is 3.04. The van der Waals surface area contributed by atoms with Crippen LogP contribution in [0.15, 0.2) is 30.3 Å². The van der Waals surface area contributed by atoms with Crippen molar-refractivity contribution < 1.29 is 0 Å². The molecule has 0 amide bonds. The second kappa shape index (κ2) is 6.70. The zero-order chi connectivity index (χ0) is 14.5. The van der Waals surface area contributed by atoms with Crippen molar-refractivity contribution in [2.45, 2.75) is 6.42 Å². The zero-order valence-corrected chi connectivity index (χ0v) is 12.7. The summed E-state index contributed by atoms with van der Waals surface area (Å²) >= 11 is 1.48. The maximum atomic E-state index is 5.32. The third-order valence-electron chi connectivity index (χ3n) is 3.66. The molecular formula is C16H18N4S. The van der Waals surface area contributed by atoms with Gasteiger partial charge in [-0.25, -0.2) is 0 Å². The Kier molecular flexibility index (Phi) is 4.49. The van der Waals surface area contributed by atoms with E-state index in [4.69, 9.17) is 6.42 Å².